The Balaban J connectivity index is 1.92. The zero-order valence-electron chi connectivity index (χ0n) is 11.9. The number of hydrogen-bond acceptors (Lipinski definition) is 6. The lowest BCUT2D eigenvalue weighted by molar-refractivity contribution is 0.554. The molecular weight excluding hydrogens is 254 g/mol. The quantitative estimate of drug-likeness (QED) is 0.899. The van der Waals surface area contributed by atoms with E-state index in [1.54, 1.807) is 12.7 Å². The van der Waals surface area contributed by atoms with Crippen molar-refractivity contribution in [1.82, 2.24) is 24.7 Å². The van der Waals surface area contributed by atoms with Crippen LogP contribution in [0.25, 0.3) is 0 Å². The molecule has 106 valence electrons. The van der Waals surface area contributed by atoms with E-state index in [0.717, 1.165) is 50.1 Å². The van der Waals surface area contributed by atoms with E-state index in [2.05, 4.69) is 48.8 Å². The summed E-state index contributed by atoms with van der Waals surface area (Å²) in [6.07, 6.45) is 4.32. The fourth-order valence-electron chi connectivity index (χ4n) is 2.57. The molecule has 0 atom stereocenters. The minimum atomic E-state index is 0.746. The highest BCUT2D eigenvalue weighted by atomic mass is 15.3. The van der Waals surface area contributed by atoms with Crippen molar-refractivity contribution in [2.75, 3.05) is 23.3 Å². The molecule has 0 bridgehead atoms. The van der Waals surface area contributed by atoms with Crippen molar-refractivity contribution in [2.45, 2.75) is 33.4 Å². The Bertz CT molecular complexity index is 592. The zero-order chi connectivity index (χ0) is 13.9. The third-order valence-electron chi connectivity index (χ3n) is 3.56. The second kappa shape index (κ2) is 5.44. The lowest BCUT2D eigenvalue weighted by atomic mass is 10.2. The Morgan fingerprint density at radius 2 is 2.15 bits per heavy atom. The summed E-state index contributed by atoms with van der Waals surface area (Å²) in [4.78, 5) is 11.1. The molecule has 7 nitrogen and oxygen atoms in total. The van der Waals surface area contributed by atoms with Gasteiger partial charge in [0.25, 0.3) is 0 Å². The fourth-order valence-corrected chi connectivity index (χ4v) is 2.57. The summed E-state index contributed by atoms with van der Waals surface area (Å²) in [5, 5.41) is 11.4. The van der Waals surface area contributed by atoms with Gasteiger partial charge in [-0.1, -0.05) is 6.92 Å². The third kappa shape index (κ3) is 2.19. The van der Waals surface area contributed by atoms with Gasteiger partial charge < -0.3 is 14.8 Å². The van der Waals surface area contributed by atoms with Gasteiger partial charge in [0.1, 0.15) is 24.3 Å². The van der Waals surface area contributed by atoms with Crippen molar-refractivity contribution in [2.24, 2.45) is 0 Å². The molecule has 20 heavy (non-hydrogen) atoms. The van der Waals surface area contributed by atoms with Crippen molar-refractivity contribution in [1.29, 1.82) is 0 Å². The Labute approximate surface area is 118 Å². The summed E-state index contributed by atoms with van der Waals surface area (Å²) in [7, 11) is 0. The van der Waals surface area contributed by atoms with Gasteiger partial charge in [0.2, 0.25) is 0 Å². The van der Waals surface area contributed by atoms with Gasteiger partial charge in [-0.25, -0.2) is 9.97 Å². The monoisotopic (exact) mass is 273 g/mol. The Hall–Kier alpha value is -2.18. The molecule has 2 aromatic rings. The first-order valence-corrected chi connectivity index (χ1v) is 7.02. The van der Waals surface area contributed by atoms with Crippen molar-refractivity contribution in [3.63, 3.8) is 0 Å². The van der Waals surface area contributed by atoms with Crippen LogP contribution in [-0.2, 0) is 19.5 Å². The number of anilines is 2. The SMILES string of the molecule is CCNc1ncnc(N2CCn3cnnc3C2)c1CC. The summed E-state index contributed by atoms with van der Waals surface area (Å²) in [5.74, 6) is 2.93. The largest absolute Gasteiger partial charge is 0.370 e. The summed E-state index contributed by atoms with van der Waals surface area (Å²) < 4.78 is 2.09. The molecule has 3 rings (SSSR count). The minimum Gasteiger partial charge on any atom is -0.370 e. The van der Waals surface area contributed by atoms with Crippen molar-refractivity contribution >= 4 is 11.6 Å². The van der Waals surface area contributed by atoms with Crippen LogP contribution in [0.3, 0.4) is 0 Å². The maximum absolute atomic E-state index is 4.49. The standard InChI is InChI=1S/C13H19N7/c1-3-10-12(14-4-2)15-8-16-13(10)19-5-6-20-9-17-18-11(20)7-19/h8-9H,3-7H2,1-2H3,(H,14,15,16). The van der Waals surface area contributed by atoms with E-state index in [-0.39, 0.29) is 0 Å². The van der Waals surface area contributed by atoms with Crippen LogP contribution in [0.5, 0.6) is 0 Å². The second-order valence-corrected chi connectivity index (χ2v) is 4.77. The highest BCUT2D eigenvalue weighted by Crippen LogP contribution is 2.26. The summed E-state index contributed by atoms with van der Waals surface area (Å²) in [6, 6.07) is 0. The highest BCUT2D eigenvalue weighted by Gasteiger charge is 2.22. The molecular formula is C13H19N7. The van der Waals surface area contributed by atoms with E-state index in [0.29, 0.717) is 0 Å². The van der Waals surface area contributed by atoms with Gasteiger partial charge >= 0.3 is 0 Å². The Kier molecular flexibility index (Phi) is 3.49. The number of nitrogens with zero attached hydrogens (tertiary/aromatic N) is 6. The first-order chi connectivity index (χ1) is 9.83. The molecule has 2 aromatic heterocycles. The molecule has 7 heteroatoms. The molecule has 0 unspecified atom stereocenters. The predicted molar refractivity (Wildman–Crippen MR) is 76.6 cm³/mol. The zero-order valence-corrected chi connectivity index (χ0v) is 11.9. The molecule has 3 heterocycles. The van der Waals surface area contributed by atoms with E-state index in [1.165, 1.54) is 5.56 Å². The lowest BCUT2D eigenvalue weighted by Gasteiger charge is -2.29. The van der Waals surface area contributed by atoms with Gasteiger partial charge in [0.05, 0.1) is 6.54 Å². The molecule has 0 spiro atoms. The third-order valence-corrected chi connectivity index (χ3v) is 3.56. The maximum atomic E-state index is 4.49. The number of nitrogens with one attached hydrogen (secondary N) is 1. The van der Waals surface area contributed by atoms with Gasteiger partial charge in [-0.05, 0) is 13.3 Å². The number of fused-ring (bicyclic) bond motifs is 1. The topological polar surface area (TPSA) is 71.8 Å². The Morgan fingerprint density at radius 1 is 1.25 bits per heavy atom. The molecule has 1 aliphatic heterocycles. The molecule has 0 amide bonds. The van der Waals surface area contributed by atoms with Crippen molar-refractivity contribution < 1.29 is 0 Å². The summed E-state index contributed by atoms with van der Waals surface area (Å²) in [5.41, 5.74) is 1.17. The fraction of sp³-hybridized carbons (Fsp3) is 0.538. The van der Waals surface area contributed by atoms with Gasteiger partial charge in [0, 0.05) is 25.2 Å². The summed E-state index contributed by atoms with van der Waals surface area (Å²) in [6.45, 7) is 7.63. The molecule has 0 aromatic carbocycles. The van der Waals surface area contributed by atoms with Gasteiger partial charge in [-0.3, -0.25) is 0 Å². The first kappa shape index (κ1) is 12.8. The van der Waals surface area contributed by atoms with Gasteiger partial charge in [-0.15, -0.1) is 10.2 Å². The van der Waals surface area contributed by atoms with Crippen LogP contribution in [0.15, 0.2) is 12.7 Å². The molecule has 1 aliphatic rings. The predicted octanol–water partition coefficient (Wildman–Crippen LogP) is 1.08. The van der Waals surface area contributed by atoms with Crippen LogP contribution in [0, 0.1) is 0 Å². The number of aromatic nitrogens is 5. The van der Waals surface area contributed by atoms with Crippen LogP contribution >= 0.6 is 0 Å². The average Bonchev–Trinajstić information content (AvgIpc) is 2.94. The molecule has 1 N–H and O–H groups in total. The van der Waals surface area contributed by atoms with Crippen LogP contribution in [0.2, 0.25) is 0 Å². The van der Waals surface area contributed by atoms with E-state index in [4.69, 9.17) is 0 Å². The maximum Gasteiger partial charge on any atom is 0.152 e. The minimum absolute atomic E-state index is 0.746. The van der Waals surface area contributed by atoms with Crippen molar-refractivity contribution in [3.8, 4) is 0 Å². The molecule has 0 saturated carbocycles. The Morgan fingerprint density at radius 3 is 2.95 bits per heavy atom. The number of rotatable bonds is 4. The second-order valence-electron chi connectivity index (χ2n) is 4.77. The molecule has 0 aliphatic carbocycles. The first-order valence-electron chi connectivity index (χ1n) is 7.02. The van der Waals surface area contributed by atoms with Crippen LogP contribution in [0.4, 0.5) is 11.6 Å². The van der Waals surface area contributed by atoms with Crippen LogP contribution in [-0.4, -0.2) is 37.8 Å². The average molecular weight is 273 g/mol. The normalized spacial score (nSPS) is 14.2. The van der Waals surface area contributed by atoms with Gasteiger partial charge in [-0.2, -0.15) is 0 Å². The molecule has 0 fully saturated rings. The van der Waals surface area contributed by atoms with Crippen LogP contribution in [0.1, 0.15) is 25.2 Å². The van der Waals surface area contributed by atoms with E-state index in [9.17, 15) is 0 Å². The molecule has 0 radical (unpaired) electrons. The van der Waals surface area contributed by atoms with E-state index in [1.807, 2.05) is 0 Å². The van der Waals surface area contributed by atoms with Crippen LogP contribution < -0.4 is 10.2 Å². The lowest BCUT2D eigenvalue weighted by Crippen LogP contribution is -2.35. The summed E-state index contributed by atoms with van der Waals surface area (Å²) >= 11 is 0. The molecule has 0 saturated heterocycles. The highest BCUT2D eigenvalue weighted by molar-refractivity contribution is 5.59. The number of hydrogen-bond donors (Lipinski definition) is 1. The van der Waals surface area contributed by atoms with Crippen molar-refractivity contribution in [3.05, 3.63) is 24.0 Å². The van der Waals surface area contributed by atoms with E-state index < -0.39 is 0 Å². The smallest absolute Gasteiger partial charge is 0.152 e. The van der Waals surface area contributed by atoms with Gasteiger partial charge in [0.15, 0.2) is 5.82 Å². The van der Waals surface area contributed by atoms with E-state index >= 15 is 0 Å².